The lowest BCUT2D eigenvalue weighted by Crippen LogP contribution is -2.31. The lowest BCUT2D eigenvalue weighted by atomic mass is 10.2. The Labute approximate surface area is 113 Å². The van der Waals surface area contributed by atoms with Crippen molar-refractivity contribution in [2.24, 2.45) is 10.2 Å². The van der Waals surface area contributed by atoms with Gasteiger partial charge >= 0.3 is 5.69 Å². The van der Waals surface area contributed by atoms with E-state index in [1.54, 1.807) is 18.2 Å². The average Bonchev–Trinajstić information content (AvgIpc) is 2.74. The number of nitrogens with one attached hydrogen (secondary N) is 3. The van der Waals surface area contributed by atoms with Gasteiger partial charge in [-0.1, -0.05) is 0 Å². The first-order valence-electron chi connectivity index (χ1n) is 5.83. The van der Waals surface area contributed by atoms with E-state index in [0.717, 1.165) is 0 Å². The third-order valence-electron chi connectivity index (χ3n) is 2.65. The Kier molecular flexibility index (Phi) is 3.74. The largest absolute Gasteiger partial charge is 0.324 e. The number of amides is 1. The highest BCUT2D eigenvalue weighted by atomic mass is 16.2. The van der Waals surface area contributed by atoms with Crippen LogP contribution in [0.2, 0.25) is 0 Å². The lowest BCUT2D eigenvalue weighted by molar-refractivity contribution is -0.126. The molecule has 8 heteroatoms. The van der Waals surface area contributed by atoms with E-state index in [9.17, 15) is 14.4 Å². The summed E-state index contributed by atoms with van der Waals surface area (Å²) < 4.78 is 0. The minimum absolute atomic E-state index is 0.329. The van der Waals surface area contributed by atoms with Crippen LogP contribution in [0.1, 0.15) is 6.92 Å². The molecule has 0 saturated carbocycles. The van der Waals surface area contributed by atoms with Crippen LogP contribution in [-0.2, 0) is 9.59 Å². The monoisotopic (exact) mass is 275 g/mol. The summed E-state index contributed by atoms with van der Waals surface area (Å²) in [5.41, 5.74) is 1.31. The Morgan fingerprint density at radius 3 is 2.60 bits per heavy atom. The van der Waals surface area contributed by atoms with Gasteiger partial charge in [0.1, 0.15) is 0 Å². The number of hydrogen-bond acceptors (Lipinski definition) is 5. The molecular weight excluding hydrogens is 262 g/mol. The van der Waals surface area contributed by atoms with Gasteiger partial charge in [-0.05, 0) is 25.1 Å². The second kappa shape index (κ2) is 5.47. The van der Waals surface area contributed by atoms with E-state index < -0.39 is 17.7 Å². The molecule has 20 heavy (non-hydrogen) atoms. The van der Waals surface area contributed by atoms with Crippen molar-refractivity contribution < 1.29 is 9.59 Å². The van der Waals surface area contributed by atoms with Crippen molar-refractivity contribution in [1.82, 2.24) is 9.97 Å². The second-order valence-electron chi connectivity index (χ2n) is 4.16. The number of azo groups is 1. The SMILES string of the molecule is CN=NC(C(C)=O)C(=O)Nc1ccc2[nH]c(=O)[nH]c2c1. The first-order chi connectivity index (χ1) is 9.51. The van der Waals surface area contributed by atoms with Gasteiger partial charge in [0.05, 0.1) is 11.0 Å². The van der Waals surface area contributed by atoms with Gasteiger partial charge < -0.3 is 15.3 Å². The number of rotatable bonds is 4. The van der Waals surface area contributed by atoms with Crippen molar-refractivity contribution in [2.45, 2.75) is 13.0 Å². The second-order valence-corrected chi connectivity index (χ2v) is 4.16. The summed E-state index contributed by atoms with van der Waals surface area (Å²) in [7, 11) is 1.39. The Bertz CT molecular complexity index is 743. The van der Waals surface area contributed by atoms with Crippen LogP contribution in [-0.4, -0.2) is 34.7 Å². The van der Waals surface area contributed by atoms with Gasteiger partial charge in [-0.15, -0.1) is 0 Å². The Morgan fingerprint density at radius 2 is 1.95 bits per heavy atom. The molecule has 1 aromatic heterocycles. The average molecular weight is 275 g/mol. The number of benzene rings is 1. The molecule has 8 nitrogen and oxygen atoms in total. The van der Waals surface area contributed by atoms with Crippen LogP contribution in [0.15, 0.2) is 33.2 Å². The minimum Gasteiger partial charge on any atom is -0.324 e. The zero-order valence-corrected chi connectivity index (χ0v) is 10.9. The van der Waals surface area contributed by atoms with Crippen molar-refractivity contribution in [3.63, 3.8) is 0 Å². The Hall–Kier alpha value is -2.77. The number of anilines is 1. The van der Waals surface area contributed by atoms with Crippen LogP contribution < -0.4 is 11.0 Å². The van der Waals surface area contributed by atoms with Gasteiger partial charge in [0, 0.05) is 12.7 Å². The van der Waals surface area contributed by atoms with E-state index in [0.29, 0.717) is 16.7 Å². The third kappa shape index (κ3) is 2.79. The summed E-state index contributed by atoms with van der Waals surface area (Å²) in [6, 6.07) is 3.68. The molecule has 0 aliphatic heterocycles. The first kappa shape index (κ1) is 13.7. The van der Waals surface area contributed by atoms with Crippen LogP contribution >= 0.6 is 0 Å². The molecule has 0 saturated heterocycles. The highest BCUT2D eigenvalue weighted by Gasteiger charge is 2.22. The molecule has 1 atom stereocenters. The highest BCUT2D eigenvalue weighted by molar-refractivity contribution is 6.10. The first-order valence-corrected chi connectivity index (χ1v) is 5.83. The zero-order chi connectivity index (χ0) is 14.7. The van der Waals surface area contributed by atoms with Gasteiger partial charge in [0.15, 0.2) is 5.78 Å². The molecule has 0 aliphatic rings. The van der Waals surface area contributed by atoms with Crippen molar-refractivity contribution in [3.05, 3.63) is 28.7 Å². The maximum atomic E-state index is 11.9. The predicted octanol–water partition coefficient (Wildman–Crippen LogP) is 0.834. The molecule has 1 amide bonds. The molecule has 0 spiro atoms. The molecule has 0 aliphatic carbocycles. The Morgan fingerprint density at radius 1 is 1.25 bits per heavy atom. The standard InChI is InChI=1S/C12H13N5O3/c1-6(18)10(17-13-2)11(19)14-7-3-4-8-9(5-7)16-12(20)15-8/h3-5,10H,1-2H3,(H,14,19)(H2,15,16,20). The highest BCUT2D eigenvalue weighted by Crippen LogP contribution is 2.15. The van der Waals surface area contributed by atoms with Gasteiger partial charge in [-0.25, -0.2) is 4.79 Å². The number of ketones is 1. The fourth-order valence-electron chi connectivity index (χ4n) is 1.75. The number of H-pyrrole nitrogens is 2. The molecule has 3 N–H and O–H groups in total. The number of carbonyl (C=O) groups is 2. The fraction of sp³-hybridized carbons (Fsp3) is 0.250. The van der Waals surface area contributed by atoms with E-state index in [2.05, 4.69) is 25.5 Å². The zero-order valence-electron chi connectivity index (χ0n) is 10.9. The van der Waals surface area contributed by atoms with Crippen molar-refractivity contribution >= 4 is 28.4 Å². The molecule has 1 unspecified atom stereocenters. The van der Waals surface area contributed by atoms with Crippen molar-refractivity contribution in [3.8, 4) is 0 Å². The fourth-order valence-corrected chi connectivity index (χ4v) is 1.75. The molecule has 2 rings (SSSR count). The summed E-state index contributed by atoms with van der Waals surface area (Å²) in [6.07, 6.45) is 0. The van der Waals surface area contributed by atoms with E-state index >= 15 is 0 Å². The quantitative estimate of drug-likeness (QED) is 0.566. The number of aromatic nitrogens is 2. The van der Waals surface area contributed by atoms with Gasteiger partial charge in [-0.2, -0.15) is 10.2 Å². The van der Waals surface area contributed by atoms with Gasteiger partial charge in [0.2, 0.25) is 6.04 Å². The molecule has 1 heterocycles. The predicted molar refractivity (Wildman–Crippen MR) is 72.8 cm³/mol. The number of fused-ring (bicyclic) bond motifs is 1. The van der Waals surface area contributed by atoms with Crippen LogP contribution in [0.25, 0.3) is 11.0 Å². The Balaban J connectivity index is 2.24. The number of Topliss-reactive ketones (excluding diaryl/α,β-unsaturated/α-hetero) is 1. The smallest absolute Gasteiger partial charge is 0.323 e. The van der Waals surface area contributed by atoms with E-state index in [1.165, 1.54) is 14.0 Å². The maximum absolute atomic E-state index is 11.9. The summed E-state index contributed by atoms with van der Waals surface area (Å²) in [5, 5.41) is 9.61. The lowest BCUT2D eigenvalue weighted by Gasteiger charge is -2.09. The maximum Gasteiger partial charge on any atom is 0.323 e. The topological polar surface area (TPSA) is 120 Å². The number of hydrogen-bond donors (Lipinski definition) is 3. The van der Waals surface area contributed by atoms with E-state index in [1.807, 2.05) is 0 Å². The summed E-state index contributed by atoms with van der Waals surface area (Å²) in [5.74, 6) is -0.968. The number of imidazole rings is 1. The number of carbonyl (C=O) groups excluding carboxylic acids is 2. The van der Waals surface area contributed by atoms with Crippen molar-refractivity contribution in [2.75, 3.05) is 12.4 Å². The molecule has 2 aromatic rings. The number of nitrogens with zero attached hydrogens (tertiary/aromatic N) is 2. The summed E-state index contributed by atoms with van der Waals surface area (Å²) in [4.78, 5) is 39.5. The minimum atomic E-state index is -1.17. The van der Waals surface area contributed by atoms with E-state index in [-0.39, 0.29) is 5.69 Å². The molecule has 0 radical (unpaired) electrons. The van der Waals surface area contributed by atoms with Crippen LogP contribution in [0.5, 0.6) is 0 Å². The van der Waals surface area contributed by atoms with Crippen LogP contribution in [0.4, 0.5) is 5.69 Å². The van der Waals surface area contributed by atoms with Gasteiger partial charge in [-0.3, -0.25) is 9.59 Å². The summed E-state index contributed by atoms with van der Waals surface area (Å²) >= 11 is 0. The van der Waals surface area contributed by atoms with E-state index in [4.69, 9.17) is 0 Å². The molecule has 1 aromatic carbocycles. The molecule has 0 fully saturated rings. The molecule has 104 valence electrons. The molecular formula is C12H13N5O3. The molecule has 0 bridgehead atoms. The summed E-state index contributed by atoms with van der Waals surface area (Å²) in [6.45, 7) is 1.27. The van der Waals surface area contributed by atoms with Crippen LogP contribution in [0, 0.1) is 0 Å². The normalized spacial score (nSPS) is 12.7. The third-order valence-corrected chi connectivity index (χ3v) is 2.65. The number of aromatic amines is 2. The van der Waals surface area contributed by atoms with Gasteiger partial charge in [0.25, 0.3) is 5.91 Å². The van der Waals surface area contributed by atoms with Crippen molar-refractivity contribution in [1.29, 1.82) is 0 Å². The van der Waals surface area contributed by atoms with Crippen LogP contribution in [0.3, 0.4) is 0 Å².